The van der Waals surface area contributed by atoms with Crippen molar-refractivity contribution in [1.29, 1.82) is 0 Å². The minimum absolute atomic E-state index is 0.0374. The van der Waals surface area contributed by atoms with E-state index in [2.05, 4.69) is 10.6 Å². The molecule has 0 fully saturated rings. The summed E-state index contributed by atoms with van der Waals surface area (Å²) in [6, 6.07) is 6.46. The molecular weight excluding hydrogens is 398 g/mol. The second-order valence-corrected chi connectivity index (χ2v) is 7.29. The van der Waals surface area contributed by atoms with Gasteiger partial charge in [0.25, 0.3) is 16.8 Å². The van der Waals surface area contributed by atoms with Crippen LogP contribution in [0.4, 0.5) is 17.1 Å². The molecule has 0 aliphatic rings. The number of nitrogens with zero attached hydrogens (tertiary/aromatic N) is 1. The van der Waals surface area contributed by atoms with Crippen molar-refractivity contribution in [3.05, 3.63) is 67.9 Å². The Morgan fingerprint density at radius 1 is 1.13 bits per heavy atom. The van der Waals surface area contributed by atoms with Crippen LogP contribution >= 0.6 is 0 Å². The fourth-order valence-electron chi connectivity index (χ4n) is 2.84. The maximum absolute atomic E-state index is 12.2. The third-order valence-corrected chi connectivity index (χ3v) is 4.62. The van der Waals surface area contributed by atoms with Crippen LogP contribution in [0.5, 0.6) is 5.75 Å². The van der Waals surface area contributed by atoms with Crippen LogP contribution in [0.15, 0.2) is 44.5 Å². The van der Waals surface area contributed by atoms with Gasteiger partial charge in [0.15, 0.2) is 5.75 Å². The molecule has 0 saturated heterocycles. The van der Waals surface area contributed by atoms with Gasteiger partial charge in [-0.25, -0.2) is 0 Å². The van der Waals surface area contributed by atoms with Crippen LogP contribution in [-0.4, -0.2) is 30.0 Å². The maximum atomic E-state index is 12.2. The van der Waals surface area contributed by atoms with Crippen molar-refractivity contribution in [3.63, 3.8) is 0 Å². The lowest BCUT2D eigenvalue weighted by Gasteiger charge is -2.17. The third-order valence-electron chi connectivity index (χ3n) is 4.62. The Hall–Kier alpha value is -3.55. The van der Waals surface area contributed by atoms with E-state index in [1.807, 2.05) is 33.8 Å². The summed E-state index contributed by atoms with van der Waals surface area (Å²) >= 11 is 0. The fourth-order valence-corrected chi connectivity index (χ4v) is 2.84. The lowest BCUT2D eigenvalue weighted by atomic mass is 10.1. The van der Waals surface area contributed by atoms with E-state index in [-0.39, 0.29) is 40.8 Å². The van der Waals surface area contributed by atoms with Crippen LogP contribution < -0.4 is 21.5 Å². The number of carbonyl (C=O) groups excluding carboxylic acids is 1. The molecule has 31 heavy (non-hydrogen) atoms. The van der Waals surface area contributed by atoms with Gasteiger partial charge in [0.05, 0.1) is 24.1 Å². The first kappa shape index (κ1) is 23.7. The minimum atomic E-state index is -0.696. The minimum Gasteiger partial charge on any atom is -0.505 e. The van der Waals surface area contributed by atoms with Gasteiger partial charge >= 0.3 is 0 Å². The quantitative estimate of drug-likeness (QED) is 0.388. The zero-order valence-corrected chi connectivity index (χ0v) is 18.7. The summed E-state index contributed by atoms with van der Waals surface area (Å²) in [4.78, 5) is 37.5. The molecule has 8 heteroatoms. The van der Waals surface area contributed by atoms with Crippen molar-refractivity contribution in [2.45, 2.75) is 40.2 Å². The van der Waals surface area contributed by atoms with Crippen LogP contribution in [0.2, 0.25) is 0 Å². The summed E-state index contributed by atoms with van der Waals surface area (Å²) in [6.07, 6.45) is 1.66. The lowest BCUT2D eigenvalue weighted by Crippen LogP contribution is -2.36. The van der Waals surface area contributed by atoms with Crippen molar-refractivity contribution < 1.29 is 14.3 Å². The van der Waals surface area contributed by atoms with E-state index in [4.69, 9.17) is 4.42 Å². The number of rotatable bonds is 7. The van der Waals surface area contributed by atoms with E-state index >= 15 is 0 Å². The number of hydrogen-bond acceptors (Lipinski definition) is 7. The predicted octanol–water partition coefficient (Wildman–Crippen LogP) is 3.79. The van der Waals surface area contributed by atoms with Crippen molar-refractivity contribution in [3.8, 4) is 5.75 Å². The fraction of sp³-hybridized carbons (Fsp3) is 0.348. The normalized spacial score (nSPS) is 10.5. The highest BCUT2D eigenvalue weighted by Crippen LogP contribution is 2.32. The second-order valence-electron chi connectivity index (χ2n) is 7.29. The summed E-state index contributed by atoms with van der Waals surface area (Å²) in [5.74, 6) is 0.274. The zero-order valence-electron chi connectivity index (χ0n) is 18.7. The standard InChI is InChI=1S/C21H23N3O5.C2H6/c1-11(2)12-8-13(29-10-12)9-22-16-17(20(27)19(16)26)23-15-7-5-6-14(18(15)25)21(28)24(3)4;1-2/h5-8,10-11,22-23,25H,9H2,1-4H3;1-2H3. The van der Waals surface area contributed by atoms with Crippen LogP contribution in [0.25, 0.3) is 0 Å². The summed E-state index contributed by atoms with van der Waals surface area (Å²) in [5, 5.41) is 16.1. The number of phenolic OH excluding ortho intramolecular Hbond substituents is 1. The number of hydrogen-bond donors (Lipinski definition) is 3. The van der Waals surface area contributed by atoms with Gasteiger partial charge in [0, 0.05) is 14.1 Å². The lowest BCUT2D eigenvalue weighted by molar-refractivity contribution is 0.0824. The van der Waals surface area contributed by atoms with Crippen molar-refractivity contribution in [2.75, 3.05) is 24.7 Å². The monoisotopic (exact) mass is 427 g/mol. The molecule has 0 spiro atoms. The molecule has 3 rings (SSSR count). The number of para-hydroxylation sites is 1. The number of benzene rings is 1. The SMILES string of the molecule is CC.CC(C)c1coc(CNc2c(Nc3cccc(C(=O)N(C)C)c3O)c(=O)c2=O)c1. The number of nitrogens with one attached hydrogen (secondary N) is 2. The highest BCUT2D eigenvalue weighted by molar-refractivity contribution is 5.99. The topological polar surface area (TPSA) is 112 Å². The molecule has 1 aromatic heterocycles. The van der Waals surface area contributed by atoms with Gasteiger partial charge in [0.2, 0.25) is 0 Å². The van der Waals surface area contributed by atoms with E-state index in [9.17, 15) is 19.5 Å². The Bertz CT molecular complexity index is 1120. The van der Waals surface area contributed by atoms with E-state index in [1.54, 1.807) is 26.4 Å². The Morgan fingerprint density at radius 3 is 2.35 bits per heavy atom. The number of anilines is 3. The molecule has 1 amide bonds. The molecule has 8 nitrogen and oxygen atoms in total. The predicted molar refractivity (Wildman–Crippen MR) is 122 cm³/mol. The largest absolute Gasteiger partial charge is 0.505 e. The molecule has 2 aromatic carbocycles. The Balaban J connectivity index is 0.00000166. The first-order chi connectivity index (χ1) is 14.7. The Kier molecular flexibility index (Phi) is 7.63. The van der Waals surface area contributed by atoms with E-state index in [1.165, 1.54) is 17.0 Å². The van der Waals surface area contributed by atoms with Gasteiger partial charge in [-0.1, -0.05) is 33.8 Å². The van der Waals surface area contributed by atoms with Crippen molar-refractivity contribution in [2.24, 2.45) is 0 Å². The third kappa shape index (κ3) is 4.96. The molecule has 166 valence electrons. The van der Waals surface area contributed by atoms with Gasteiger partial charge in [0.1, 0.15) is 17.1 Å². The highest BCUT2D eigenvalue weighted by Gasteiger charge is 2.23. The number of amides is 1. The van der Waals surface area contributed by atoms with Crippen LogP contribution in [0.3, 0.4) is 0 Å². The highest BCUT2D eigenvalue weighted by atomic mass is 16.3. The van der Waals surface area contributed by atoms with E-state index in [0.29, 0.717) is 11.7 Å². The van der Waals surface area contributed by atoms with Crippen molar-refractivity contribution in [1.82, 2.24) is 4.90 Å². The molecule has 0 unspecified atom stereocenters. The average Bonchev–Trinajstić information content (AvgIpc) is 3.24. The van der Waals surface area contributed by atoms with Crippen molar-refractivity contribution >= 4 is 23.0 Å². The van der Waals surface area contributed by atoms with Crippen LogP contribution in [0, 0.1) is 0 Å². The summed E-state index contributed by atoms with van der Waals surface area (Å²) in [5.41, 5.74) is 0.0914. The molecule has 3 aromatic rings. The summed E-state index contributed by atoms with van der Waals surface area (Å²) < 4.78 is 5.46. The summed E-state index contributed by atoms with van der Waals surface area (Å²) in [7, 11) is 3.14. The van der Waals surface area contributed by atoms with Gasteiger partial charge in [-0.05, 0) is 29.7 Å². The molecule has 0 bridgehead atoms. The smallest absolute Gasteiger partial charge is 0.257 e. The summed E-state index contributed by atoms with van der Waals surface area (Å²) in [6.45, 7) is 8.32. The maximum Gasteiger partial charge on any atom is 0.257 e. The molecule has 0 aliphatic heterocycles. The number of aromatic hydroxyl groups is 1. The molecule has 1 heterocycles. The number of furan rings is 1. The molecule has 0 atom stereocenters. The van der Waals surface area contributed by atoms with Crippen LogP contribution in [0.1, 0.15) is 55.3 Å². The number of phenols is 1. The van der Waals surface area contributed by atoms with Crippen LogP contribution in [-0.2, 0) is 6.54 Å². The number of carbonyl (C=O) groups is 1. The molecule has 0 radical (unpaired) electrons. The zero-order chi connectivity index (χ0) is 23.3. The first-order valence-electron chi connectivity index (χ1n) is 10.2. The molecule has 0 saturated carbocycles. The first-order valence-corrected chi connectivity index (χ1v) is 10.2. The second kappa shape index (κ2) is 9.97. The average molecular weight is 428 g/mol. The van der Waals surface area contributed by atoms with Gasteiger partial charge in [-0.15, -0.1) is 0 Å². The Morgan fingerprint density at radius 2 is 1.77 bits per heavy atom. The van der Waals surface area contributed by atoms with Gasteiger partial charge in [-0.2, -0.15) is 0 Å². The molecule has 3 N–H and O–H groups in total. The molecule has 0 aliphatic carbocycles. The molecular formula is C23H29N3O5. The van der Waals surface area contributed by atoms with Gasteiger partial charge < -0.3 is 25.1 Å². The Labute approximate surface area is 181 Å². The van der Waals surface area contributed by atoms with E-state index < -0.39 is 10.9 Å². The van der Waals surface area contributed by atoms with Gasteiger partial charge in [-0.3, -0.25) is 14.4 Å². The van der Waals surface area contributed by atoms with E-state index in [0.717, 1.165) is 5.56 Å².